The van der Waals surface area contributed by atoms with Crippen LogP contribution < -0.4 is 10.7 Å². The van der Waals surface area contributed by atoms with Crippen LogP contribution in [-0.2, 0) is 6.54 Å². The maximum atomic E-state index is 12.3. The van der Waals surface area contributed by atoms with Crippen LogP contribution in [-0.4, -0.2) is 42.2 Å². The largest absolute Gasteiger partial charge is 0.419 e. The Bertz CT molecular complexity index is 1080. The van der Waals surface area contributed by atoms with Gasteiger partial charge >= 0.3 is 5.76 Å². The molecule has 3 aromatic rings. The number of oxazole rings is 1. The summed E-state index contributed by atoms with van der Waals surface area (Å²) < 4.78 is 7.21. The number of aryl methyl sites for hydroxylation is 2. The fourth-order valence-corrected chi connectivity index (χ4v) is 4.13. The number of halogens is 2. The zero-order valence-corrected chi connectivity index (χ0v) is 20.5. The number of aromatic nitrogens is 1. The first-order valence-electron chi connectivity index (χ1n) is 10.8. The van der Waals surface area contributed by atoms with Crippen molar-refractivity contribution in [1.29, 1.82) is 0 Å². The number of unbranched alkanes of at least 4 members (excludes halogenated alkanes) is 1. The quantitative estimate of drug-likeness (QED) is 0.428. The minimum absolute atomic E-state index is 0. The molecule has 0 N–H and O–H groups in total. The van der Waals surface area contributed by atoms with Crippen molar-refractivity contribution in [2.75, 3.05) is 37.6 Å². The minimum atomic E-state index is -0.268. The molecule has 0 bridgehead atoms. The Labute approximate surface area is 202 Å². The van der Waals surface area contributed by atoms with Gasteiger partial charge in [0.15, 0.2) is 5.58 Å². The van der Waals surface area contributed by atoms with Gasteiger partial charge in [0, 0.05) is 38.4 Å². The van der Waals surface area contributed by atoms with Crippen molar-refractivity contribution in [3.8, 4) is 0 Å². The summed E-state index contributed by atoms with van der Waals surface area (Å²) in [6.07, 6.45) is 2.04. The van der Waals surface area contributed by atoms with Gasteiger partial charge in [-0.3, -0.25) is 9.47 Å². The highest BCUT2D eigenvalue weighted by Gasteiger charge is 2.17. The molecule has 0 spiro atoms. The highest BCUT2D eigenvalue weighted by molar-refractivity contribution is 5.85. The van der Waals surface area contributed by atoms with Crippen molar-refractivity contribution >= 4 is 47.2 Å². The van der Waals surface area contributed by atoms with E-state index >= 15 is 0 Å². The number of anilines is 1. The summed E-state index contributed by atoms with van der Waals surface area (Å²) in [5.74, 6) is -0.268. The van der Waals surface area contributed by atoms with Crippen LogP contribution >= 0.6 is 24.8 Å². The van der Waals surface area contributed by atoms with Gasteiger partial charge in [-0.05, 0) is 63.1 Å². The number of hydrogen-bond donors (Lipinski definition) is 0. The monoisotopic (exact) mass is 477 g/mol. The van der Waals surface area contributed by atoms with Crippen LogP contribution in [0.4, 0.5) is 5.69 Å². The number of allylic oxidation sites excluding steroid dienone is 1. The van der Waals surface area contributed by atoms with E-state index in [0.29, 0.717) is 12.1 Å². The molecular weight excluding hydrogens is 445 g/mol. The van der Waals surface area contributed by atoms with Crippen molar-refractivity contribution in [3.05, 3.63) is 70.7 Å². The summed E-state index contributed by atoms with van der Waals surface area (Å²) >= 11 is 0. The minimum Gasteiger partial charge on any atom is -0.408 e. The van der Waals surface area contributed by atoms with Crippen molar-refractivity contribution in [1.82, 2.24) is 9.47 Å². The fraction of sp³-hybridized carbons (Fsp3) is 0.400. The van der Waals surface area contributed by atoms with E-state index in [4.69, 9.17) is 4.42 Å². The number of benzene rings is 2. The van der Waals surface area contributed by atoms with E-state index in [1.807, 2.05) is 25.1 Å². The van der Waals surface area contributed by atoms with Crippen LogP contribution in [0.15, 0.2) is 58.3 Å². The van der Waals surface area contributed by atoms with E-state index in [2.05, 4.69) is 47.6 Å². The highest BCUT2D eigenvalue weighted by Crippen LogP contribution is 2.20. The van der Waals surface area contributed by atoms with Gasteiger partial charge in [0.1, 0.15) is 0 Å². The van der Waals surface area contributed by atoms with E-state index in [1.54, 1.807) is 4.57 Å². The lowest BCUT2D eigenvalue weighted by Gasteiger charge is -2.36. The normalized spacial score (nSPS) is 14.1. The average Bonchev–Trinajstić information content (AvgIpc) is 3.06. The van der Waals surface area contributed by atoms with E-state index in [0.717, 1.165) is 62.2 Å². The van der Waals surface area contributed by atoms with Crippen LogP contribution in [0.25, 0.3) is 16.7 Å². The Morgan fingerprint density at radius 1 is 0.969 bits per heavy atom. The third kappa shape index (κ3) is 5.97. The molecule has 1 aliphatic heterocycles. The summed E-state index contributed by atoms with van der Waals surface area (Å²) in [5, 5.41) is 0. The van der Waals surface area contributed by atoms with Gasteiger partial charge < -0.3 is 9.32 Å². The fourth-order valence-electron chi connectivity index (χ4n) is 4.13. The van der Waals surface area contributed by atoms with Gasteiger partial charge in [0.05, 0.1) is 5.52 Å². The second-order valence-electron chi connectivity index (χ2n) is 8.35. The molecule has 1 aliphatic rings. The van der Waals surface area contributed by atoms with E-state index < -0.39 is 0 Å². The standard InChI is InChI=1S/C25H31N3O2.2ClH/c1-19(2)21-8-11-23-24(18-21)30-25(29)28(23)13-5-4-12-26-14-16-27(17-15-26)22-9-6-20(3)7-10-22;;/h6-11,18H,1,4-5,12-17H2,2-3H3;2*1H. The number of piperazine rings is 1. The first kappa shape index (κ1) is 26.0. The Kier molecular flexibility index (Phi) is 9.44. The Morgan fingerprint density at radius 3 is 2.28 bits per heavy atom. The maximum absolute atomic E-state index is 12.3. The molecule has 0 radical (unpaired) electrons. The Balaban J connectivity index is 0.00000181. The van der Waals surface area contributed by atoms with Crippen LogP contribution in [0.1, 0.15) is 30.9 Å². The molecule has 1 aromatic heterocycles. The van der Waals surface area contributed by atoms with E-state index in [1.165, 1.54) is 11.3 Å². The van der Waals surface area contributed by atoms with Gasteiger partial charge in [-0.1, -0.05) is 35.9 Å². The molecule has 0 atom stereocenters. The summed E-state index contributed by atoms with van der Waals surface area (Å²) in [6, 6.07) is 14.7. The van der Waals surface area contributed by atoms with Gasteiger partial charge in [0.25, 0.3) is 0 Å². The van der Waals surface area contributed by atoms with Crippen LogP contribution in [0.3, 0.4) is 0 Å². The SMILES string of the molecule is C=C(C)c1ccc2c(c1)oc(=O)n2CCCCN1CCN(c2ccc(C)cc2)CC1.Cl.Cl. The molecule has 32 heavy (non-hydrogen) atoms. The van der Waals surface area contributed by atoms with E-state index in [9.17, 15) is 4.79 Å². The predicted molar refractivity (Wildman–Crippen MR) is 139 cm³/mol. The van der Waals surface area contributed by atoms with Gasteiger partial charge in [-0.25, -0.2) is 4.79 Å². The van der Waals surface area contributed by atoms with Crippen LogP contribution in [0.5, 0.6) is 0 Å². The topological polar surface area (TPSA) is 41.6 Å². The van der Waals surface area contributed by atoms with E-state index in [-0.39, 0.29) is 30.6 Å². The highest BCUT2D eigenvalue weighted by atomic mass is 35.5. The summed E-state index contributed by atoms with van der Waals surface area (Å²) in [7, 11) is 0. The third-order valence-electron chi connectivity index (χ3n) is 6.04. The lowest BCUT2D eigenvalue weighted by atomic mass is 10.1. The summed E-state index contributed by atoms with van der Waals surface area (Å²) in [4.78, 5) is 17.3. The molecule has 0 saturated carbocycles. The van der Waals surface area contributed by atoms with Gasteiger partial charge in [-0.15, -0.1) is 24.8 Å². The molecule has 0 aliphatic carbocycles. The number of nitrogens with zero attached hydrogens (tertiary/aromatic N) is 3. The maximum Gasteiger partial charge on any atom is 0.419 e. The van der Waals surface area contributed by atoms with Crippen LogP contribution in [0.2, 0.25) is 0 Å². The van der Waals surface area contributed by atoms with Crippen LogP contribution in [0, 0.1) is 6.92 Å². The molecule has 1 saturated heterocycles. The van der Waals surface area contributed by atoms with Crippen molar-refractivity contribution < 1.29 is 4.42 Å². The lowest BCUT2D eigenvalue weighted by Crippen LogP contribution is -2.46. The number of hydrogen-bond acceptors (Lipinski definition) is 4. The lowest BCUT2D eigenvalue weighted by molar-refractivity contribution is 0.251. The number of rotatable bonds is 7. The van der Waals surface area contributed by atoms with Gasteiger partial charge in [0.2, 0.25) is 0 Å². The molecule has 4 rings (SSSR count). The second-order valence-corrected chi connectivity index (χ2v) is 8.35. The van der Waals surface area contributed by atoms with Gasteiger partial charge in [-0.2, -0.15) is 0 Å². The molecule has 2 heterocycles. The Hall–Kier alpha value is -2.21. The second kappa shape index (κ2) is 11.6. The molecule has 174 valence electrons. The molecule has 2 aromatic carbocycles. The first-order valence-corrected chi connectivity index (χ1v) is 10.8. The molecule has 1 fully saturated rings. The molecular formula is C25H33Cl2N3O2. The predicted octanol–water partition coefficient (Wildman–Crippen LogP) is 5.38. The summed E-state index contributed by atoms with van der Waals surface area (Å²) in [5.41, 5.74) is 6.12. The smallest absolute Gasteiger partial charge is 0.408 e. The Morgan fingerprint density at radius 2 is 1.62 bits per heavy atom. The van der Waals surface area contributed by atoms with Crippen molar-refractivity contribution in [3.63, 3.8) is 0 Å². The molecule has 5 nitrogen and oxygen atoms in total. The number of fused-ring (bicyclic) bond motifs is 1. The molecule has 7 heteroatoms. The first-order chi connectivity index (χ1) is 14.5. The average molecular weight is 478 g/mol. The third-order valence-corrected chi connectivity index (χ3v) is 6.04. The van der Waals surface area contributed by atoms with Crippen molar-refractivity contribution in [2.24, 2.45) is 0 Å². The van der Waals surface area contributed by atoms with Crippen molar-refractivity contribution in [2.45, 2.75) is 33.2 Å². The zero-order valence-electron chi connectivity index (χ0n) is 18.9. The molecule has 0 amide bonds. The summed E-state index contributed by atoms with van der Waals surface area (Å²) in [6.45, 7) is 14.1. The zero-order chi connectivity index (χ0) is 21.1. The molecule has 0 unspecified atom stereocenters.